The van der Waals surface area contributed by atoms with Crippen molar-refractivity contribution in [2.24, 2.45) is 0 Å². The Morgan fingerprint density at radius 3 is 2.26 bits per heavy atom. The van der Waals surface area contributed by atoms with E-state index in [9.17, 15) is 9.90 Å². The molecule has 4 rings (SSSR count). The summed E-state index contributed by atoms with van der Waals surface area (Å²) in [5.74, 6) is -0.954. The molecule has 0 aliphatic carbocycles. The van der Waals surface area contributed by atoms with E-state index in [0.717, 1.165) is 16.7 Å². The molecular weight excluding hydrogens is 392 g/mol. The summed E-state index contributed by atoms with van der Waals surface area (Å²) >= 11 is 0. The van der Waals surface area contributed by atoms with Crippen LogP contribution in [0.5, 0.6) is 0 Å². The fraction of sp³-hybridized carbons (Fsp3) is 0.269. The van der Waals surface area contributed by atoms with Crippen LogP contribution in [0.2, 0.25) is 0 Å². The maximum Gasteiger partial charge on any atom is 0.335 e. The van der Waals surface area contributed by atoms with Gasteiger partial charge < -0.3 is 19.3 Å². The lowest BCUT2D eigenvalue weighted by Gasteiger charge is -2.20. The first-order chi connectivity index (χ1) is 15.2. The second kappa shape index (κ2) is 10.4. The normalized spacial score (nSPS) is 20.6. The molecule has 1 aliphatic heterocycles. The van der Waals surface area contributed by atoms with Gasteiger partial charge in [-0.05, 0) is 28.8 Å². The zero-order valence-corrected chi connectivity index (χ0v) is 17.2. The topological polar surface area (TPSA) is 65.0 Å². The summed E-state index contributed by atoms with van der Waals surface area (Å²) in [7, 11) is 0. The first-order valence-corrected chi connectivity index (χ1v) is 10.4. The van der Waals surface area contributed by atoms with E-state index in [1.807, 2.05) is 66.7 Å². The van der Waals surface area contributed by atoms with E-state index in [0.29, 0.717) is 26.2 Å². The van der Waals surface area contributed by atoms with Gasteiger partial charge in [-0.25, -0.2) is 4.79 Å². The minimum absolute atomic E-state index is 0.122. The van der Waals surface area contributed by atoms with E-state index in [4.69, 9.17) is 14.2 Å². The summed E-state index contributed by atoms with van der Waals surface area (Å²) in [6.45, 7) is 1.45. The van der Waals surface area contributed by atoms with E-state index >= 15 is 0 Å². The average molecular weight is 418 g/mol. The standard InChI is InChI=1S/C26H26O5/c27-26(28)22-13-7-12-21(14-22)25-24(30-17-20-10-5-2-6-11-20)15-23(31-25)18-29-16-19-8-3-1-4-9-19/h1-14,23-25H,15-18H2,(H,27,28). The third-order valence-electron chi connectivity index (χ3n) is 5.36. The maximum absolute atomic E-state index is 11.4. The Balaban J connectivity index is 1.43. The van der Waals surface area contributed by atoms with Gasteiger partial charge in [0.25, 0.3) is 0 Å². The molecule has 0 radical (unpaired) electrons. The van der Waals surface area contributed by atoms with Crippen molar-refractivity contribution in [2.45, 2.75) is 37.9 Å². The van der Waals surface area contributed by atoms with Crippen LogP contribution in [0.4, 0.5) is 0 Å². The van der Waals surface area contributed by atoms with Gasteiger partial charge in [-0.15, -0.1) is 0 Å². The Morgan fingerprint density at radius 1 is 0.903 bits per heavy atom. The third-order valence-corrected chi connectivity index (χ3v) is 5.36. The summed E-state index contributed by atoms with van der Waals surface area (Å²) < 4.78 is 18.4. The van der Waals surface area contributed by atoms with Crippen LogP contribution in [-0.4, -0.2) is 29.9 Å². The van der Waals surface area contributed by atoms with Gasteiger partial charge >= 0.3 is 5.97 Å². The Hall–Kier alpha value is -2.99. The Morgan fingerprint density at radius 2 is 1.58 bits per heavy atom. The summed E-state index contributed by atoms with van der Waals surface area (Å²) in [5.41, 5.74) is 3.25. The van der Waals surface area contributed by atoms with Crippen LogP contribution < -0.4 is 0 Å². The maximum atomic E-state index is 11.4. The molecule has 1 saturated heterocycles. The minimum atomic E-state index is -0.954. The number of aromatic carboxylic acids is 1. The lowest BCUT2D eigenvalue weighted by atomic mass is 10.0. The third kappa shape index (κ3) is 5.79. The zero-order chi connectivity index (χ0) is 21.5. The number of ether oxygens (including phenoxy) is 3. The molecule has 5 nitrogen and oxygen atoms in total. The van der Waals surface area contributed by atoms with Gasteiger partial charge in [0.05, 0.1) is 37.6 Å². The minimum Gasteiger partial charge on any atom is -0.478 e. The molecule has 0 spiro atoms. The number of benzene rings is 3. The summed E-state index contributed by atoms with van der Waals surface area (Å²) in [5, 5.41) is 9.35. The number of carbonyl (C=O) groups is 1. The monoisotopic (exact) mass is 418 g/mol. The number of carboxylic acid groups (broad SMARTS) is 1. The van der Waals surface area contributed by atoms with E-state index < -0.39 is 5.97 Å². The molecule has 3 unspecified atom stereocenters. The molecule has 0 saturated carbocycles. The zero-order valence-electron chi connectivity index (χ0n) is 17.2. The molecule has 1 heterocycles. The molecule has 0 aromatic heterocycles. The summed E-state index contributed by atoms with van der Waals surface area (Å²) in [4.78, 5) is 11.4. The molecule has 1 aliphatic rings. The predicted molar refractivity (Wildman–Crippen MR) is 117 cm³/mol. The summed E-state index contributed by atoms with van der Waals surface area (Å²) in [6, 6.07) is 26.9. The highest BCUT2D eigenvalue weighted by molar-refractivity contribution is 5.87. The van der Waals surface area contributed by atoms with Gasteiger partial charge in [-0.3, -0.25) is 0 Å². The van der Waals surface area contributed by atoms with Crippen LogP contribution in [-0.2, 0) is 27.4 Å². The highest BCUT2D eigenvalue weighted by Crippen LogP contribution is 2.36. The van der Waals surface area contributed by atoms with Gasteiger partial charge in [0.2, 0.25) is 0 Å². The Labute approximate surface area is 182 Å². The van der Waals surface area contributed by atoms with Gasteiger partial charge in [0.1, 0.15) is 6.10 Å². The van der Waals surface area contributed by atoms with E-state index in [2.05, 4.69) is 0 Å². The number of hydrogen-bond donors (Lipinski definition) is 1. The number of hydrogen-bond acceptors (Lipinski definition) is 4. The lowest BCUT2D eigenvalue weighted by molar-refractivity contribution is -0.0489. The van der Waals surface area contributed by atoms with Gasteiger partial charge in [0.15, 0.2) is 0 Å². The number of rotatable bonds is 9. The first kappa shape index (κ1) is 21.2. The van der Waals surface area contributed by atoms with Crippen LogP contribution in [0.25, 0.3) is 0 Å². The second-order valence-corrected chi connectivity index (χ2v) is 7.68. The molecule has 1 fully saturated rings. The van der Waals surface area contributed by atoms with Crippen LogP contribution in [0.1, 0.15) is 39.6 Å². The van der Waals surface area contributed by atoms with E-state index in [-0.39, 0.29) is 23.9 Å². The van der Waals surface area contributed by atoms with Crippen molar-refractivity contribution < 1.29 is 24.1 Å². The molecule has 5 heteroatoms. The highest BCUT2D eigenvalue weighted by Gasteiger charge is 2.37. The quantitative estimate of drug-likeness (QED) is 0.529. The van der Waals surface area contributed by atoms with Crippen molar-refractivity contribution in [3.8, 4) is 0 Å². The fourth-order valence-electron chi connectivity index (χ4n) is 3.80. The van der Waals surface area contributed by atoms with Crippen LogP contribution >= 0.6 is 0 Å². The van der Waals surface area contributed by atoms with Crippen molar-refractivity contribution >= 4 is 5.97 Å². The van der Waals surface area contributed by atoms with Crippen LogP contribution in [0.15, 0.2) is 84.9 Å². The molecular formula is C26H26O5. The van der Waals surface area contributed by atoms with E-state index in [1.165, 1.54) is 0 Å². The molecule has 0 amide bonds. The van der Waals surface area contributed by atoms with Crippen molar-refractivity contribution in [1.29, 1.82) is 0 Å². The number of carboxylic acids is 1. The second-order valence-electron chi connectivity index (χ2n) is 7.68. The van der Waals surface area contributed by atoms with Crippen LogP contribution in [0.3, 0.4) is 0 Å². The highest BCUT2D eigenvalue weighted by atomic mass is 16.6. The molecule has 3 aromatic rings. The molecule has 31 heavy (non-hydrogen) atoms. The largest absolute Gasteiger partial charge is 0.478 e. The van der Waals surface area contributed by atoms with Crippen molar-refractivity contribution in [3.05, 3.63) is 107 Å². The Bertz CT molecular complexity index is 973. The molecule has 1 N–H and O–H groups in total. The molecule has 0 bridgehead atoms. The van der Waals surface area contributed by atoms with Crippen LogP contribution in [0, 0.1) is 0 Å². The fourth-order valence-corrected chi connectivity index (χ4v) is 3.80. The average Bonchev–Trinajstić information content (AvgIpc) is 3.22. The Kier molecular flexibility index (Phi) is 7.10. The van der Waals surface area contributed by atoms with Gasteiger partial charge in [-0.1, -0.05) is 72.8 Å². The van der Waals surface area contributed by atoms with Gasteiger partial charge in [0, 0.05) is 6.42 Å². The first-order valence-electron chi connectivity index (χ1n) is 10.4. The predicted octanol–water partition coefficient (Wildman–Crippen LogP) is 5.02. The van der Waals surface area contributed by atoms with Crippen molar-refractivity contribution in [1.82, 2.24) is 0 Å². The SMILES string of the molecule is O=C(O)c1cccc(C2OC(COCc3ccccc3)CC2OCc2ccccc2)c1. The van der Waals surface area contributed by atoms with Gasteiger partial charge in [-0.2, -0.15) is 0 Å². The lowest BCUT2D eigenvalue weighted by Crippen LogP contribution is -2.18. The smallest absolute Gasteiger partial charge is 0.335 e. The molecule has 160 valence electrons. The van der Waals surface area contributed by atoms with E-state index in [1.54, 1.807) is 18.2 Å². The molecule has 3 aromatic carbocycles. The van der Waals surface area contributed by atoms with Crippen molar-refractivity contribution in [3.63, 3.8) is 0 Å². The van der Waals surface area contributed by atoms with Crippen molar-refractivity contribution in [2.75, 3.05) is 6.61 Å². The summed E-state index contributed by atoms with van der Waals surface area (Å²) in [6.07, 6.45) is 0.0368. The molecule has 3 atom stereocenters.